The number of piperidine rings is 1. The fourth-order valence-electron chi connectivity index (χ4n) is 4.68. The summed E-state index contributed by atoms with van der Waals surface area (Å²) in [6.45, 7) is 5.23. The molecule has 1 amide bonds. The normalized spacial score (nSPS) is 22.7. The Morgan fingerprint density at radius 2 is 2.06 bits per heavy atom. The van der Waals surface area contributed by atoms with Gasteiger partial charge >= 0.3 is 10.2 Å². The van der Waals surface area contributed by atoms with E-state index in [-0.39, 0.29) is 17.8 Å². The first-order valence-corrected chi connectivity index (χ1v) is 12.4. The smallest absolute Gasteiger partial charge is 0.335 e. The molecule has 1 fully saturated rings. The molecule has 0 unspecified atom stereocenters. The summed E-state index contributed by atoms with van der Waals surface area (Å²) in [5.74, 6) is -0.516. The van der Waals surface area contributed by atoms with Gasteiger partial charge in [0, 0.05) is 24.7 Å². The zero-order chi connectivity index (χ0) is 24.7. The van der Waals surface area contributed by atoms with Crippen LogP contribution in [0.3, 0.4) is 0 Å². The van der Waals surface area contributed by atoms with Crippen LogP contribution in [0.4, 0.5) is 19.7 Å². The number of rotatable bonds is 7. The third kappa shape index (κ3) is 4.29. The summed E-state index contributed by atoms with van der Waals surface area (Å²) in [7, 11) is -3.69. The fraction of sp³-hybridized carbons (Fsp3) is 0.435. The molecule has 2 aromatic rings. The molecule has 2 heterocycles. The lowest BCUT2D eigenvalue weighted by atomic mass is 9.88. The molecule has 0 spiro atoms. The summed E-state index contributed by atoms with van der Waals surface area (Å²) in [4.78, 5) is 14.5. The van der Waals surface area contributed by atoms with E-state index in [2.05, 4.69) is 10.6 Å². The summed E-state index contributed by atoms with van der Waals surface area (Å²) in [6.07, 6.45) is 1.09. The van der Waals surface area contributed by atoms with Crippen molar-refractivity contribution in [2.45, 2.75) is 43.2 Å². The number of hydrogen-bond donors (Lipinski definition) is 2. The van der Waals surface area contributed by atoms with Gasteiger partial charge in [-0.3, -0.25) is 9.69 Å². The number of likely N-dealkylation sites (tertiary alicyclic amines) is 1. The van der Waals surface area contributed by atoms with Crippen molar-refractivity contribution in [2.75, 3.05) is 37.4 Å². The molecule has 0 bridgehead atoms. The van der Waals surface area contributed by atoms with Gasteiger partial charge in [-0.05, 0) is 57.5 Å². The molecule has 11 heteroatoms. The highest BCUT2D eigenvalue weighted by molar-refractivity contribution is 7.86. The van der Waals surface area contributed by atoms with Crippen LogP contribution in [-0.4, -0.2) is 52.1 Å². The van der Waals surface area contributed by atoms with Gasteiger partial charge in [-0.25, -0.2) is 4.39 Å². The van der Waals surface area contributed by atoms with Crippen LogP contribution >= 0.6 is 0 Å². The molecular weight excluding hydrogens is 468 g/mol. The average Bonchev–Trinajstić information content (AvgIpc) is 3.05. The van der Waals surface area contributed by atoms with Crippen molar-refractivity contribution in [1.29, 1.82) is 0 Å². The van der Waals surface area contributed by atoms with Gasteiger partial charge in [0.2, 0.25) is 5.91 Å². The minimum Gasteiger partial charge on any atom is -0.495 e. The highest BCUT2D eigenvalue weighted by Crippen LogP contribution is 2.45. The van der Waals surface area contributed by atoms with Crippen LogP contribution in [0.25, 0.3) is 0 Å². The molecule has 2 atom stereocenters. The van der Waals surface area contributed by atoms with E-state index in [0.717, 1.165) is 12.5 Å². The fourth-order valence-corrected chi connectivity index (χ4v) is 5.30. The zero-order valence-electron chi connectivity index (χ0n) is 19.2. The molecule has 4 rings (SSSR count). The van der Waals surface area contributed by atoms with Crippen LogP contribution in [0.5, 0.6) is 11.5 Å². The Bertz CT molecular complexity index is 1220. The number of anilines is 2. The SMILES string of the molecule is CCNc1cc(F)cc2c1NC(=O)[C@]2(C)N1CCC[C@@H](Oc2ccc(S(=O)(=O)F)c(OC)c2)C1. The number of nitrogens with zero attached hydrogens (tertiary/aromatic N) is 1. The number of ether oxygens (including phenoxy) is 2. The van der Waals surface area contributed by atoms with E-state index in [0.29, 0.717) is 48.7 Å². The summed E-state index contributed by atoms with van der Waals surface area (Å²) in [6, 6.07) is 6.54. The Labute approximate surface area is 197 Å². The number of benzene rings is 2. The van der Waals surface area contributed by atoms with Crippen molar-refractivity contribution in [3.63, 3.8) is 0 Å². The van der Waals surface area contributed by atoms with E-state index < -0.39 is 26.5 Å². The number of halogens is 2. The van der Waals surface area contributed by atoms with Crippen molar-refractivity contribution in [3.05, 3.63) is 41.7 Å². The standard InChI is InChI=1S/C23H27F2N3O5S/c1-4-26-18-11-14(24)10-17-21(18)27-22(29)23(17,2)28-9-5-6-16(13-28)33-15-7-8-20(34(25,30)31)19(12-15)32-3/h7-8,10-12,16,26H,4-6,9,13H2,1-3H3,(H,27,29)/t16-,23-/m1/s1. The monoisotopic (exact) mass is 495 g/mol. The lowest BCUT2D eigenvalue weighted by molar-refractivity contribution is -0.128. The first-order valence-electron chi connectivity index (χ1n) is 11.0. The van der Waals surface area contributed by atoms with Crippen molar-refractivity contribution >= 4 is 27.5 Å². The Hall–Kier alpha value is -2.92. The summed E-state index contributed by atoms with van der Waals surface area (Å²) < 4.78 is 61.6. The Morgan fingerprint density at radius 1 is 1.29 bits per heavy atom. The summed E-state index contributed by atoms with van der Waals surface area (Å²) >= 11 is 0. The van der Waals surface area contributed by atoms with E-state index in [1.54, 1.807) is 6.92 Å². The van der Waals surface area contributed by atoms with Gasteiger partial charge in [0.1, 0.15) is 33.9 Å². The molecule has 8 nitrogen and oxygen atoms in total. The van der Waals surface area contributed by atoms with Gasteiger partial charge in [0.05, 0.1) is 18.5 Å². The Kier molecular flexibility index (Phi) is 6.43. The first kappa shape index (κ1) is 24.2. The second kappa shape index (κ2) is 9.03. The molecule has 0 aromatic heterocycles. The van der Waals surface area contributed by atoms with E-state index in [1.165, 1.54) is 31.4 Å². The maximum atomic E-state index is 14.4. The van der Waals surface area contributed by atoms with E-state index in [1.807, 2.05) is 11.8 Å². The second-order valence-electron chi connectivity index (χ2n) is 8.51. The molecule has 2 aliphatic rings. The predicted octanol–water partition coefficient (Wildman–Crippen LogP) is 3.64. The first-order chi connectivity index (χ1) is 16.1. The molecule has 0 saturated carbocycles. The molecule has 0 aliphatic carbocycles. The van der Waals surface area contributed by atoms with Crippen LogP contribution in [0.2, 0.25) is 0 Å². The Morgan fingerprint density at radius 3 is 2.74 bits per heavy atom. The van der Waals surface area contributed by atoms with E-state index in [4.69, 9.17) is 9.47 Å². The lowest BCUT2D eigenvalue weighted by Crippen LogP contribution is -2.54. The molecule has 34 heavy (non-hydrogen) atoms. The topological polar surface area (TPSA) is 97.0 Å². The van der Waals surface area contributed by atoms with Gasteiger partial charge < -0.3 is 20.1 Å². The number of hydrogen-bond acceptors (Lipinski definition) is 7. The number of fused-ring (bicyclic) bond motifs is 1. The summed E-state index contributed by atoms with van der Waals surface area (Å²) in [5, 5.41) is 6.00. The van der Waals surface area contributed by atoms with Crippen LogP contribution in [0.15, 0.2) is 35.2 Å². The highest BCUT2D eigenvalue weighted by Gasteiger charge is 2.49. The van der Waals surface area contributed by atoms with Crippen molar-refractivity contribution in [2.24, 2.45) is 0 Å². The zero-order valence-corrected chi connectivity index (χ0v) is 20.0. The van der Waals surface area contributed by atoms with Crippen LogP contribution in [0, 0.1) is 5.82 Å². The van der Waals surface area contributed by atoms with Crippen molar-refractivity contribution < 1.29 is 31.0 Å². The maximum absolute atomic E-state index is 14.4. The average molecular weight is 496 g/mol. The molecule has 2 aromatic carbocycles. The minimum atomic E-state index is -4.94. The van der Waals surface area contributed by atoms with Gasteiger partial charge in [-0.15, -0.1) is 3.89 Å². The van der Waals surface area contributed by atoms with Crippen LogP contribution < -0.4 is 20.1 Å². The van der Waals surface area contributed by atoms with Crippen LogP contribution in [0.1, 0.15) is 32.3 Å². The van der Waals surface area contributed by atoms with Crippen molar-refractivity contribution in [1.82, 2.24) is 4.90 Å². The van der Waals surface area contributed by atoms with Gasteiger partial charge in [-0.1, -0.05) is 0 Å². The Balaban J connectivity index is 1.59. The van der Waals surface area contributed by atoms with E-state index in [9.17, 15) is 21.5 Å². The molecule has 1 saturated heterocycles. The largest absolute Gasteiger partial charge is 0.495 e. The van der Waals surface area contributed by atoms with Crippen LogP contribution in [-0.2, 0) is 20.6 Å². The van der Waals surface area contributed by atoms with E-state index >= 15 is 0 Å². The minimum absolute atomic E-state index is 0.157. The molecule has 0 radical (unpaired) electrons. The third-order valence-corrected chi connectivity index (χ3v) is 7.25. The summed E-state index contributed by atoms with van der Waals surface area (Å²) in [5.41, 5.74) is 0.585. The predicted molar refractivity (Wildman–Crippen MR) is 123 cm³/mol. The maximum Gasteiger partial charge on any atom is 0.335 e. The van der Waals surface area contributed by atoms with Gasteiger partial charge in [-0.2, -0.15) is 8.42 Å². The second-order valence-corrected chi connectivity index (χ2v) is 9.83. The molecule has 2 N–H and O–H groups in total. The number of nitrogens with one attached hydrogen (secondary N) is 2. The third-order valence-electron chi connectivity index (χ3n) is 6.39. The number of carbonyl (C=O) groups is 1. The highest BCUT2D eigenvalue weighted by atomic mass is 32.3. The molecule has 184 valence electrons. The molecule has 2 aliphatic heterocycles. The number of carbonyl (C=O) groups excluding carboxylic acids is 1. The van der Waals surface area contributed by atoms with Gasteiger partial charge in [0.25, 0.3) is 0 Å². The quantitative estimate of drug-likeness (QED) is 0.566. The number of amides is 1. The van der Waals surface area contributed by atoms with Crippen molar-refractivity contribution in [3.8, 4) is 11.5 Å². The molecular formula is C23H27F2N3O5S. The number of methoxy groups -OCH3 is 1. The lowest BCUT2D eigenvalue weighted by Gasteiger charge is -2.42. The van der Waals surface area contributed by atoms with Gasteiger partial charge in [0.15, 0.2) is 0 Å².